The molecule has 114 valence electrons. The number of hydrogen-bond donors (Lipinski definition) is 2. The number of nitrogens with zero attached hydrogens (tertiary/aromatic N) is 3. The Kier molecular flexibility index (Phi) is 3.65. The number of aromatic nitrogens is 2. The van der Waals surface area contributed by atoms with Crippen LogP contribution >= 0.6 is 0 Å². The van der Waals surface area contributed by atoms with Crippen LogP contribution in [0, 0.1) is 11.8 Å². The normalized spacial score (nSPS) is 13.0. The predicted molar refractivity (Wildman–Crippen MR) is 83.2 cm³/mol. The third-order valence-electron chi connectivity index (χ3n) is 3.32. The van der Waals surface area contributed by atoms with E-state index in [0.29, 0.717) is 17.1 Å². The molecule has 3 N–H and O–H groups in total. The summed E-state index contributed by atoms with van der Waals surface area (Å²) in [5.41, 5.74) is 6.86. The quantitative estimate of drug-likeness (QED) is 0.714. The molecule has 0 aliphatic carbocycles. The Morgan fingerprint density at radius 3 is 2.91 bits per heavy atom. The van der Waals surface area contributed by atoms with Gasteiger partial charge in [0.25, 0.3) is 0 Å². The lowest BCUT2D eigenvalue weighted by molar-refractivity contribution is 0.0979. The Labute approximate surface area is 131 Å². The van der Waals surface area contributed by atoms with Gasteiger partial charge in [-0.05, 0) is 24.1 Å². The van der Waals surface area contributed by atoms with Crippen molar-refractivity contribution in [1.82, 2.24) is 9.97 Å². The molecule has 7 heteroatoms. The van der Waals surface area contributed by atoms with Gasteiger partial charge < -0.3 is 10.8 Å². The molecule has 23 heavy (non-hydrogen) atoms. The van der Waals surface area contributed by atoms with Gasteiger partial charge in [0.1, 0.15) is 17.3 Å². The second-order valence-electron chi connectivity index (χ2n) is 4.90. The molecule has 0 atom stereocenters. The Bertz CT molecular complexity index is 867. The van der Waals surface area contributed by atoms with E-state index < -0.39 is 6.09 Å². The van der Waals surface area contributed by atoms with Gasteiger partial charge in [-0.25, -0.2) is 14.8 Å². The summed E-state index contributed by atoms with van der Waals surface area (Å²) in [5.74, 6) is 6.07. The van der Waals surface area contributed by atoms with E-state index >= 15 is 0 Å². The number of anilines is 2. The van der Waals surface area contributed by atoms with E-state index in [2.05, 4.69) is 21.8 Å². The molecule has 2 aromatic heterocycles. The highest BCUT2D eigenvalue weighted by atomic mass is 16.4. The van der Waals surface area contributed by atoms with E-state index in [1.165, 1.54) is 6.20 Å². The maximum absolute atomic E-state index is 12.0. The zero-order valence-corrected chi connectivity index (χ0v) is 12.0. The minimum absolute atomic E-state index is 0.117. The minimum Gasteiger partial charge on any atom is -0.465 e. The summed E-state index contributed by atoms with van der Waals surface area (Å²) in [6.07, 6.45) is 0.440. The zero-order valence-electron chi connectivity index (χ0n) is 12.0. The molecule has 1 amide bonds. The number of carbonyl (C=O) groups excluding carboxylic acids is 1. The molecule has 1 aliphatic rings. The summed E-state index contributed by atoms with van der Waals surface area (Å²) in [5, 5.41) is 9.15. The van der Waals surface area contributed by atoms with E-state index in [0.717, 1.165) is 4.90 Å². The molecule has 0 aromatic carbocycles. The van der Waals surface area contributed by atoms with Crippen LogP contribution in [0.1, 0.15) is 28.0 Å². The highest BCUT2D eigenvalue weighted by molar-refractivity contribution is 6.06. The first-order valence-corrected chi connectivity index (χ1v) is 6.83. The first kappa shape index (κ1) is 14.5. The van der Waals surface area contributed by atoms with Crippen molar-refractivity contribution in [3.8, 4) is 11.8 Å². The predicted octanol–water partition coefficient (Wildman–Crippen LogP) is 1.53. The number of carboxylic acid groups (broad SMARTS) is 1. The van der Waals surface area contributed by atoms with Gasteiger partial charge in [-0.1, -0.05) is 12.0 Å². The van der Waals surface area contributed by atoms with Crippen LogP contribution in [0.4, 0.5) is 16.4 Å². The molecule has 0 bridgehead atoms. The van der Waals surface area contributed by atoms with Gasteiger partial charge in [-0.3, -0.25) is 9.69 Å². The number of hydrogen-bond acceptors (Lipinski definition) is 5. The smallest absolute Gasteiger partial charge is 0.413 e. The molecular formula is C16H12N4O3. The molecule has 0 radical (unpaired) electrons. The Morgan fingerprint density at radius 1 is 1.35 bits per heavy atom. The summed E-state index contributed by atoms with van der Waals surface area (Å²) in [6, 6.07) is 6.67. The maximum atomic E-state index is 12.0. The van der Waals surface area contributed by atoms with E-state index in [-0.39, 0.29) is 30.1 Å². The first-order valence-electron chi connectivity index (χ1n) is 6.83. The van der Waals surface area contributed by atoms with Gasteiger partial charge in [0, 0.05) is 24.7 Å². The van der Waals surface area contributed by atoms with Gasteiger partial charge >= 0.3 is 6.09 Å². The number of fused-ring (bicyclic) bond motifs is 1. The molecular weight excluding hydrogens is 296 g/mol. The summed E-state index contributed by atoms with van der Waals surface area (Å²) in [7, 11) is 0. The molecule has 2 aromatic rings. The molecule has 0 saturated carbocycles. The molecule has 0 fully saturated rings. The SMILES string of the molecule is Nc1cccc(C#Cc2cnc3c(c2)C(=O)CCN3C(=O)O)n1. The molecule has 7 nitrogen and oxygen atoms in total. The fraction of sp³-hybridized carbons (Fsp3) is 0.125. The van der Waals surface area contributed by atoms with Crippen molar-refractivity contribution in [3.63, 3.8) is 0 Å². The standard InChI is InChI=1S/C16H12N4O3/c17-14-3-1-2-11(19-14)5-4-10-8-12-13(21)6-7-20(16(22)23)15(12)18-9-10/h1-3,8-9H,6-7H2,(H2,17,19)(H,22,23). The topological polar surface area (TPSA) is 109 Å². The maximum Gasteiger partial charge on any atom is 0.413 e. The van der Waals surface area contributed by atoms with Gasteiger partial charge in [0.15, 0.2) is 5.78 Å². The van der Waals surface area contributed by atoms with Crippen molar-refractivity contribution in [1.29, 1.82) is 0 Å². The fourth-order valence-electron chi connectivity index (χ4n) is 2.24. The molecule has 1 aliphatic heterocycles. The van der Waals surface area contributed by atoms with Crippen LogP contribution < -0.4 is 10.6 Å². The first-order chi connectivity index (χ1) is 11.0. The Hall–Kier alpha value is -3.40. The number of Topliss-reactive ketones (excluding diaryl/α,β-unsaturated/α-hetero) is 1. The van der Waals surface area contributed by atoms with Gasteiger partial charge in [-0.2, -0.15) is 0 Å². The molecule has 3 heterocycles. The second kappa shape index (κ2) is 5.77. The van der Waals surface area contributed by atoms with Crippen LogP contribution in [0.5, 0.6) is 0 Å². The zero-order chi connectivity index (χ0) is 16.4. The Balaban J connectivity index is 1.96. The molecule has 3 rings (SSSR count). The van der Waals surface area contributed by atoms with Gasteiger partial charge in [0.2, 0.25) is 0 Å². The number of nitrogen functional groups attached to an aromatic ring is 1. The van der Waals surface area contributed by atoms with Gasteiger partial charge in [-0.15, -0.1) is 0 Å². The van der Waals surface area contributed by atoms with Gasteiger partial charge in [0.05, 0.1) is 5.56 Å². The van der Waals surface area contributed by atoms with Crippen LogP contribution in [-0.2, 0) is 0 Å². The largest absolute Gasteiger partial charge is 0.465 e. The lowest BCUT2D eigenvalue weighted by Crippen LogP contribution is -2.37. The van der Waals surface area contributed by atoms with E-state index in [1.807, 2.05) is 0 Å². The van der Waals surface area contributed by atoms with Crippen molar-refractivity contribution in [2.75, 3.05) is 17.2 Å². The lowest BCUT2D eigenvalue weighted by Gasteiger charge is -2.24. The number of nitrogens with two attached hydrogens (primary N) is 1. The van der Waals surface area contributed by atoms with E-state index in [4.69, 9.17) is 10.8 Å². The highest BCUT2D eigenvalue weighted by Gasteiger charge is 2.28. The monoisotopic (exact) mass is 308 g/mol. The Morgan fingerprint density at radius 2 is 2.17 bits per heavy atom. The summed E-state index contributed by atoms with van der Waals surface area (Å²) < 4.78 is 0. The number of ketones is 1. The summed E-state index contributed by atoms with van der Waals surface area (Å²) in [6.45, 7) is 0.117. The number of rotatable bonds is 0. The van der Waals surface area contributed by atoms with Crippen molar-refractivity contribution in [2.24, 2.45) is 0 Å². The third kappa shape index (κ3) is 2.96. The highest BCUT2D eigenvalue weighted by Crippen LogP contribution is 2.25. The van der Waals surface area contributed by atoms with Crippen LogP contribution in [0.15, 0.2) is 30.5 Å². The van der Waals surface area contributed by atoms with Crippen LogP contribution in [0.3, 0.4) is 0 Å². The average Bonchev–Trinajstić information content (AvgIpc) is 2.53. The van der Waals surface area contributed by atoms with E-state index in [9.17, 15) is 9.59 Å². The van der Waals surface area contributed by atoms with Crippen LogP contribution in [0.2, 0.25) is 0 Å². The fourth-order valence-corrected chi connectivity index (χ4v) is 2.24. The molecule has 0 unspecified atom stereocenters. The molecule has 0 saturated heterocycles. The number of amides is 1. The average molecular weight is 308 g/mol. The van der Waals surface area contributed by atoms with Crippen molar-refractivity contribution in [2.45, 2.75) is 6.42 Å². The summed E-state index contributed by atoms with van der Waals surface area (Å²) >= 11 is 0. The van der Waals surface area contributed by atoms with Crippen molar-refractivity contribution < 1.29 is 14.7 Å². The second-order valence-corrected chi connectivity index (χ2v) is 4.90. The van der Waals surface area contributed by atoms with Crippen LogP contribution in [-0.4, -0.2) is 33.5 Å². The lowest BCUT2D eigenvalue weighted by atomic mass is 10.0. The van der Waals surface area contributed by atoms with Crippen molar-refractivity contribution in [3.05, 3.63) is 47.3 Å². The van der Waals surface area contributed by atoms with Crippen molar-refractivity contribution >= 4 is 23.5 Å². The number of carbonyl (C=O) groups is 2. The third-order valence-corrected chi connectivity index (χ3v) is 3.32. The number of pyridine rings is 2. The molecule has 0 spiro atoms. The van der Waals surface area contributed by atoms with Crippen LogP contribution in [0.25, 0.3) is 0 Å². The summed E-state index contributed by atoms with van der Waals surface area (Å²) in [4.78, 5) is 32.4. The minimum atomic E-state index is -1.13. The van der Waals surface area contributed by atoms with E-state index in [1.54, 1.807) is 24.3 Å².